The largest absolute Gasteiger partial charge is 0.439 e. The van der Waals surface area contributed by atoms with Gasteiger partial charge in [-0.25, -0.2) is 4.98 Å². The van der Waals surface area contributed by atoms with Crippen molar-refractivity contribution in [1.82, 2.24) is 14.9 Å². The average Bonchev–Trinajstić information content (AvgIpc) is 3.27. The number of hydrogen-bond donors (Lipinski definition) is 2. The predicted molar refractivity (Wildman–Crippen MR) is 132 cm³/mol. The molecular weight excluding hydrogens is 511 g/mol. The van der Waals surface area contributed by atoms with Crippen LogP contribution in [0, 0.1) is 0 Å². The molecule has 4 rings (SSSR count). The van der Waals surface area contributed by atoms with Crippen LogP contribution in [0.2, 0.25) is 5.02 Å². The Morgan fingerprint density at radius 3 is 2.78 bits per heavy atom. The molecule has 0 saturated carbocycles. The molecule has 37 heavy (non-hydrogen) atoms. The number of carbonyl (C=O) groups excluding carboxylic acids is 2. The summed E-state index contributed by atoms with van der Waals surface area (Å²) in [7, 11) is 0. The SMILES string of the molecule is O=C(C=Cc1cccc(Oc2ccnc(NCN3CCCC3=O)n2)c1)Nc1ccc(Cl)c(C(F)(F)F)c1. The summed E-state index contributed by atoms with van der Waals surface area (Å²) in [6, 6.07) is 11.5. The van der Waals surface area contributed by atoms with Crippen molar-refractivity contribution in [2.45, 2.75) is 19.0 Å². The second kappa shape index (κ2) is 11.3. The van der Waals surface area contributed by atoms with Crippen molar-refractivity contribution in [2.75, 3.05) is 23.8 Å². The van der Waals surface area contributed by atoms with Crippen molar-refractivity contribution in [1.29, 1.82) is 0 Å². The highest BCUT2D eigenvalue weighted by Gasteiger charge is 2.33. The first-order valence-corrected chi connectivity index (χ1v) is 11.5. The third-order valence-electron chi connectivity index (χ3n) is 5.28. The zero-order chi connectivity index (χ0) is 26.4. The molecule has 1 aliphatic rings. The van der Waals surface area contributed by atoms with Gasteiger partial charge >= 0.3 is 6.18 Å². The summed E-state index contributed by atoms with van der Waals surface area (Å²) in [4.78, 5) is 34.1. The fourth-order valence-corrected chi connectivity index (χ4v) is 3.72. The maximum absolute atomic E-state index is 13.0. The highest BCUT2D eigenvalue weighted by molar-refractivity contribution is 6.31. The Kier molecular flexibility index (Phi) is 7.92. The first kappa shape index (κ1) is 26.0. The van der Waals surface area contributed by atoms with Gasteiger partial charge in [-0.3, -0.25) is 9.59 Å². The molecule has 12 heteroatoms. The highest BCUT2D eigenvalue weighted by atomic mass is 35.5. The molecule has 192 valence electrons. The van der Waals surface area contributed by atoms with Gasteiger partial charge in [0.2, 0.25) is 23.6 Å². The number of carbonyl (C=O) groups is 2. The molecule has 0 aliphatic carbocycles. The van der Waals surface area contributed by atoms with Gasteiger partial charge in [-0.15, -0.1) is 0 Å². The molecule has 0 radical (unpaired) electrons. The van der Waals surface area contributed by atoms with Crippen LogP contribution in [0.25, 0.3) is 6.08 Å². The number of benzene rings is 2. The Hall–Kier alpha value is -4.12. The van der Waals surface area contributed by atoms with Gasteiger partial charge in [0, 0.05) is 37.0 Å². The monoisotopic (exact) mass is 531 g/mol. The van der Waals surface area contributed by atoms with E-state index in [9.17, 15) is 22.8 Å². The molecule has 2 heterocycles. The van der Waals surface area contributed by atoms with Crippen LogP contribution in [0.15, 0.2) is 60.8 Å². The van der Waals surface area contributed by atoms with E-state index < -0.39 is 22.7 Å². The number of halogens is 4. The summed E-state index contributed by atoms with van der Waals surface area (Å²) in [5.74, 6) is 0.477. The van der Waals surface area contributed by atoms with E-state index in [0.717, 1.165) is 18.6 Å². The van der Waals surface area contributed by atoms with Gasteiger partial charge in [-0.2, -0.15) is 18.2 Å². The lowest BCUT2D eigenvalue weighted by Gasteiger charge is -2.16. The third-order valence-corrected chi connectivity index (χ3v) is 5.61. The molecule has 1 fully saturated rings. The lowest BCUT2D eigenvalue weighted by atomic mass is 10.2. The summed E-state index contributed by atoms with van der Waals surface area (Å²) in [5.41, 5.74) is -0.459. The van der Waals surface area contributed by atoms with Gasteiger partial charge in [0.05, 0.1) is 17.3 Å². The average molecular weight is 532 g/mol. The Morgan fingerprint density at radius 2 is 2.03 bits per heavy atom. The van der Waals surface area contributed by atoms with Gasteiger partial charge in [0.25, 0.3) is 0 Å². The normalized spacial score (nSPS) is 13.7. The maximum atomic E-state index is 13.0. The van der Waals surface area contributed by atoms with E-state index in [1.165, 1.54) is 24.4 Å². The van der Waals surface area contributed by atoms with E-state index in [1.807, 2.05) is 0 Å². The summed E-state index contributed by atoms with van der Waals surface area (Å²) in [5, 5.41) is 4.93. The zero-order valence-corrected chi connectivity index (χ0v) is 20.0. The van der Waals surface area contributed by atoms with E-state index >= 15 is 0 Å². The molecular formula is C25H21ClF3N5O3. The van der Waals surface area contributed by atoms with E-state index in [4.69, 9.17) is 16.3 Å². The van der Waals surface area contributed by atoms with E-state index in [2.05, 4.69) is 20.6 Å². The quantitative estimate of drug-likeness (QED) is 0.368. The van der Waals surface area contributed by atoms with E-state index in [1.54, 1.807) is 35.2 Å². The van der Waals surface area contributed by atoms with Crippen LogP contribution in [0.4, 0.5) is 24.8 Å². The summed E-state index contributed by atoms with van der Waals surface area (Å²) >= 11 is 5.60. The topological polar surface area (TPSA) is 96.5 Å². The number of amides is 2. The number of anilines is 2. The van der Waals surface area contributed by atoms with Crippen LogP contribution in [-0.4, -0.2) is 39.9 Å². The minimum atomic E-state index is -4.64. The molecule has 0 unspecified atom stereocenters. The van der Waals surface area contributed by atoms with Crippen molar-refractivity contribution in [3.63, 3.8) is 0 Å². The third kappa shape index (κ3) is 7.20. The summed E-state index contributed by atoms with van der Waals surface area (Å²) < 4.78 is 44.8. The number of ether oxygens (including phenoxy) is 1. The number of nitrogens with one attached hydrogen (secondary N) is 2. The maximum Gasteiger partial charge on any atom is 0.417 e. The number of aromatic nitrogens is 2. The standard InChI is InChI=1S/C25H21ClF3N5O3/c26-20-8-7-17(14-19(20)25(27,28)29)32-21(35)9-6-16-3-1-4-18(13-16)37-22-10-11-30-24(33-22)31-15-34-12-2-5-23(34)36/h1,3-4,6-11,13-14H,2,5,12,15H2,(H,32,35)(H,30,31,33). The molecule has 2 amide bonds. The van der Waals surface area contributed by atoms with Gasteiger partial charge in [-0.1, -0.05) is 23.7 Å². The number of alkyl halides is 3. The second-order valence-corrected chi connectivity index (χ2v) is 8.41. The minimum Gasteiger partial charge on any atom is -0.439 e. The molecule has 0 spiro atoms. The van der Waals surface area contributed by atoms with Crippen LogP contribution in [-0.2, 0) is 15.8 Å². The van der Waals surface area contributed by atoms with Crippen LogP contribution < -0.4 is 15.4 Å². The summed E-state index contributed by atoms with van der Waals surface area (Å²) in [6.07, 6.45) is 0.929. The van der Waals surface area contributed by atoms with Crippen molar-refractivity contribution < 1.29 is 27.5 Å². The zero-order valence-electron chi connectivity index (χ0n) is 19.3. The first-order valence-electron chi connectivity index (χ1n) is 11.2. The molecule has 1 saturated heterocycles. The van der Waals surface area contributed by atoms with Crippen molar-refractivity contribution in [2.24, 2.45) is 0 Å². The fraction of sp³-hybridized carbons (Fsp3) is 0.200. The van der Waals surface area contributed by atoms with Crippen molar-refractivity contribution >= 4 is 41.1 Å². The molecule has 1 aliphatic heterocycles. The van der Waals surface area contributed by atoms with Gasteiger partial charge in [0.1, 0.15) is 5.75 Å². The van der Waals surface area contributed by atoms with Crippen LogP contribution in [0.3, 0.4) is 0 Å². The summed E-state index contributed by atoms with van der Waals surface area (Å²) in [6.45, 7) is 0.993. The van der Waals surface area contributed by atoms with Crippen molar-refractivity contribution in [3.8, 4) is 11.6 Å². The van der Waals surface area contributed by atoms with Crippen LogP contribution in [0.1, 0.15) is 24.0 Å². The second-order valence-electron chi connectivity index (χ2n) is 8.00. The molecule has 0 bridgehead atoms. The first-order chi connectivity index (χ1) is 17.7. The van der Waals surface area contributed by atoms with Crippen LogP contribution in [0.5, 0.6) is 11.6 Å². The van der Waals surface area contributed by atoms with Gasteiger partial charge in [0.15, 0.2) is 0 Å². The Morgan fingerprint density at radius 1 is 1.19 bits per heavy atom. The Bertz CT molecular complexity index is 1330. The van der Waals surface area contributed by atoms with Crippen molar-refractivity contribution in [3.05, 3.63) is 77.0 Å². The Balaban J connectivity index is 1.36. The minimum absolute atomic E-state index is 0.0364. The fourth-order valence-electron chi connectivity index (χ4n) is 3.50. The lowest BCUT2D eigenvalue weighted by Crippen LogP contribution is -2.30. The smallest absolute Gasteiger partial charge is 0.417 e. The molecule has 1 aromatic heterocycles. The molecule has 0 atom stereocenters. The van der Waals surface area contributed by atoms with Crippen LogP contribution >= 0.6 is 11.6 Å². The molecule has 2 N–H and O–H groups in total. The molecule has 8 nitrogen and oxygen atoms in total. The van der Waals surface area contributed by atoms with E-state index in [0.29, 0.717) is 36.9 Å². The molecule has 2 aromatic carbocycles. The van der Waals surface area contributed by atoms with Gasteiger partial charge in [-0.05, 0) is 48.4 Å². The Labute approximate surface area is 215 Å². The number of rotatable bonds is 8. The predicted octanol–water partition coefficient (Wildman–Crippen LogP) is 5.58. The number of nitrogens with zero attached hydrogens (tertiary/aromatic N) is 3. The number of hydrogen-bond acceptors (Lipinski definition) is 6. The molecule has 3 aromatic rings. The lowest BCUT2D eigenvalue weighted by molar-refractivity contribution is -0.137. The van der Waals surface area contributed by atoms with E-state index in [-0.39, 0.29) is 17.5 Å². The van der Waals surface area contributed by atoms with Gasteiger partial charge < -0.3 is 20.3 Å². The highest BCUT2D eigenvalue weighted by Crippen LogP contribution is 2.36. The number of likely N-dealkylation sites (tertiary alicyclic amines) is 1.